The van der Waals surface area contributed by atoms with E-state index >= 15 is 0 Å². The zero-order valence-corrected chi connectivity index (χ0v) is 25.8. The third kappa shape index (κ3) is 8.84. The van der Waals surface area contributed by atoms with Gasteiger partial charge in [-0.3, -0.25) is 14.5 Å². The Labute approximate surface area is 262 Å². The van der Waals surface area contributed by atoms with Gasteiger partial charge in [0.05, 0.1) is 23.8 Å². The van der Waals surface area contributed by atoms with Crippen LogP contribution in [-0.2, 0) is 9.53 Å². The maximum atomic E-state index is 13.1. The number of thioether (sulfide) groups is 1. The molecule has 0 atom stereocenters. The van der Waals surface area contributed by atoms with E-state index in [-0.39, 0.29) is 11.1 Å². The van der Waals surface area contributed by atoms with Crippen molar-refractivity contribution in [1.29, 1.82) is 0 Å². The van der Waals surface area contributed by atoms with Gasteiger partial charge in [0, 0.05) is 44.9 Å². The van der Waals surface area contributed by atoms with Crippen LogP contribution in [0.3, 0.4) is 0 Å². The number of nitrogens with zero attached hydrogens (tertiary/aromatic N) is 3. The number of imide groups is 1. The average molecular weight is 622 g/mol. The normalized spacial score (nSPS) is 17.2. The Bertz CT molecular complexity index is 1390. The first-order valence-electron chi connectivity index (χ1n) is 14.5. The number of hydrogen-bond donors (Lipinski definition) is 0. The van der Waals surface area contributed by atoms with E-state index in [1.54, 1.807) is 61.7 Å². The Morgan fingerprint density at radius 1 is 0.767 bits per heavy atom. The number of halogens is 1. The van der Waals surface area contributed by atoms with Crippen molar-refractivity contribution >= 4 is 46.3 Å². The minimum Gasteiger partial charge on any atom is -0.494 e. The molecule has 0 unspecified atom stereocenters. The maximum absolute atomic E-state index is 13.1. The van der Waals surface area contributed by atoms with E-state index in [9.17, 15) is 9.59 Å². The van der Waals surface area contributed by atoms with Gasteiger partial charge in [-0.25, -0.2) is 4.90 Å². The van der Waals surface area contributed by atoms with Crippen LogP contribution in [0.4, 0.5) is 10.5 Å². The molecule has 226 valence electrons. The Morgan fingerprint density at radius 2 is 1.37 bits per heavy atom. The molecule has 43 heavy (non-hydrogen) atoms. The standard InChI is InChI=1S/C33H36ClN3O5S/c1-40-23-21-36-19-17-35(18-20-36)16-2-3-22-41-28-14-8-27(9-15-28)37-32(38)31(43-33(37)39)24-25-4-10-29(11-5-25)42-30-12-6-26(34)7-13-30/h4-15,24H,2-3,16-23H2,1H3/b31-24-. The second-order valence-corrected chi connectivity index (χ2v) is 11.8. The first kappa shape index (κ1) is 31.1. The fourth-order valence-electron chi connectivity index (χ4n) is 4.89. The molecule has 0 saturated carbocycles. The first-order valence-corrected chi connectivity index (χ1v) is 15.7. The van der Waals surface area contributed by atoms with E-state index in [0.717, 1.165) is 81.8 Å². The molecular formula is C33H36ClN3O5S. The number of amides is 2. The molecule has 3 aromatic carbocycles. The fourth-order valence-corrected chi connectivity index (χ4v) is 5.86. The second kappa shape index (κ2) is 15.4. The largest absolute Gasteiger partial charge is 0.494 e. The number of ether oxygens (including phenoxy) is 3. The molecule has 0 radical (unpaired) electrons. The van der Waals surface area contributed by atoms with E-state index in [1.165, 1.54) is 4.90 Å². The molecule has 2 aliphatic heterocycles. The Kier molecular flexibility index (Phi) is 11.1. The van der Waals surface area contributed by atoms with Crippen molar-refractivity contribution < 1.29 is 23.8 Å². The highest BCUT2D eigenvalue weighted by atomic mass is 35.5. The predicted molar refractivity (Wildman–Crippen MR) is 172 cm³/mol. The summed E-state index contributed by atoms with van der Waals surface area (Å²) in [7, 11) is 1.75. The highest BCUT2D eigenvalue weighted by Gasteiger charge is 2.36. The molecule has 0 spiro atoms. The molecule has 0 N–H and O–H groups in total. The van der Waals surface area contributed by atoms with Crippen LogP contribution < -0.4 is 14.4 Å². The number of benzene rings is 3. The minimum atomic E-state index is -0.343. The Morgan fingerprint density at radius 3 is 2.02 bits per heavy atom. The SMILES string of the molecule is COCCN1CCN(CCCCOc2ccc(N3C(=O)S/C(=C\c4ccc(Oc5ccc(Cl)cc5)cc4)C3=O)cc2)CC1. The zero-order valence-electron chi connectivity index (χ0n) is 24.2. The number of anilines is 1. The van der Waals surface area contributed by atoms with Crippen LogP contribution in [0.2, 0.25) is 5.02 Å². The van der Waals surface area contributed by atoms with E-state index in [1.807, 2.05) is 24.3 Å². The number of carbonyl (C=O) groups is 2. The van der Waals surface area contributed by atoms with Crippen molar-refractivity contribution in [2.24, 2.45) is 0 Å². The molecule has 2 amide bonds. The number of rotatable bonds is 13. The van der Waals surface area contributed by atoms with Crippen molar-refractivity contribution in [3.8, 4) is 17.2 Å². The maximum Gasteiger partial charge on any atom is 0.298 e. The number of unbranched alkanes of at least 4 members (excludes halogenated alkanes) is 1. The Hall–Kier alpha value is -3.34. The summed E-state index contributed by atoms with van der Waals surface area (Å²) < 4.78 is 16.9. The van der Waals surface area contributed by atoms with E-state index in [2.05, 4.69) is 9.80 Å². The summed E-state index contributed by atoms with van der Waals surface area (Å²) in [5, 5.41) is 0.314. The Balaban J connectivity index is 1.06. The van der Waals surface area contributed by atoms with Gasteiger partial charge in [-0.1, -0.05) is 23.7 Å². The van der Waals surface area contributed by atoms with Crippen LogP contribution >= 0.6 is 23.4 Å². The first-order chi connectivity index (χ1) is 21.0. The highest BCUT2D eigenvalue weighted by molar-refractivity contribution is 8.19. The van der Waals surface area contributed by atoms with E-state index in [0.29, 0.717) is 33.7 Å². The zero-order chi connectivity index (χ0) is 30.0. The molecule has 3 aromatic rings. The highest BCUT2D eigenvalue weighted by Crippen LogP contribution is 2.36. The summed E-state index contributed by atoms with van der Waals surface area (Å²) in [5.74, 6) is 1.71. The van der Waals surface area contributed by atoms with Gasteiger partial charge < -0.3 is 19.1 Å². The lowest BCUT2D eigenvalue weighted by Crippen LogP contribution is -2.47. The molecule has 5 rings (SSSR count). The van der Waals surface area contributed by atoms with Gasteiger partial charge >= 0.3 is 0 Å². The molecule has 2 heterocycles. The fraction of sp³-hybridized carbons (Fsp3) is 0.333. The summed E-state index contributed by atoms with van der Waals surface area (Å²) in [6.45, 7) is 7.89. The van der Waals surface area contributed by atoms with Gasteiger partial charge in [-0.2, -0.15) is 0 Å². The quantitative estimate of drug-likeness (QED) is 0.153. The second-order valence-electron chi connectivity index (χ2n) is 10.4. The van der Waals surface area contributed by atoms with Crippen molar-refractivity contribution in [2.75, 3.05) is 64.5 Å². The summed E-state index contributed by atoms with van der Waals surface area (Å²) in [6.07, 6.45) is 3.76. The van der Waals surface area contributed by atoms with Crippen molar-refractivity contribution in [3.05, 3.63) is 88.3 Å². The molecule has 2 saturated heterocycles. The molecular weight excluding hydrogens is 586 g/mol. The monoisotopic (exact) mass is 621 g/mol. The molecule has 0 aliphatic carbocycles. The molecule has 10 heteroatoms. The molecule has 2 aliphatic rings. The molecule has 8 nitrogen and oxygen atoms in total. The lowest BCUT2D eigenvalue weighted by molar-refractivity contribution is -0.113. The third-order valence-corrected chi connectivity index (χ3v) is 8.45. The van der Waals surface area contributed by atoms with Crippen LogP contribution in [0.15, 0.2) is 77.7 Å². The van der Waals surface area contributed by atoms with E-state index < -0.39 is 0 Å². The van der Waals surface area contributed by atoms with Crippen molar-refractivity contribution in [2.45, 2.75) is 12.8 Å². The van der Waals surface area contributed by atoms with Crippen molar-refractivity contribution in [1.82, 2.24) is 9.80 Å². The summed E-state index contributed by atoms with van der Waals surface area (Å²) in [6, 6.07) is 21.5. The van der Waals surface area contributed by atoms with Crippen LogP contribution in [0.25, 0.3) is 6.08 Å². The summed E-state index contributed by atoms with van der Waals surface area (Å²) in [5.41, 5.74) is 1.32. The van der Waals surface area contributed by atoms with Gasteiger partial charge in [-0.05, 0) is 103 Å². The van der Waals surface area contributed by atoms with Crippen LogP contribution in [-0.4, -0.2) is 80.5 Å². The summed E-state index contributed by atoms with van der Waals surface area (Å²) in [4.78, 5) is 32.4. The lowest BCUT2D eigenvalue weighted by Gasteiger charge is -2.34. The summed E-state index contributed by atoms with van der Waals surface area (Å²) >= 11 is 6.86. The van der Waals surface area contributed by atoms with Gasteiger partial charge in [-0.15, -0.1) is 0 Å². The molecule has 0 aromatic heterocycles. The van der Waals surface area contributed by atoms with E-state index in [4.69, 9.17) is 25.8 Å². The van der Waals surface area contributed by atoms with Gasteiger partial charge in [0.2, 0.25) is 0 Å². The number of carbonyl (C=O) groups excluding carboxylic acids is 2. The van der Waals surface area contributed by atoms with Crippen molar-refractivity contribution in [3.63, 3.8) is 0 Å². The molecule has 2 fully saturated rings. The van der Waals surface area contributed by atoms with Crippen LogP contribution in [0.1, 0.15) is 18.4 Å². The van der Waals surface area contributed by atoms with Gasteiger partial charge in [0.15, 0.2) is 0 Å². The van der Waals surface area contributed by atoms with Crippen LogP contribution in [0.5, 0.6) is 17.2 Å². The van der Waals surface area contributed by atoms with Crippen LogP contribution in [0, 0.1) is 0 Å². The minimum absolute atomic E-state index is 0.327. The van der Waals surface area contributed by atoms with Gasteiger partial charge in [0.25, 0.3) is 11.1 Å². The number of hydrogen-bond acceptors (Lipinski definition) is 8. The number of methoxy groups -OCH3 is 1. The third-order valence-electron chi connectivity index (χ3n) is 7.33. The number of piperazine rings is 1. The topological polar surface area (TPSA) is 71.6 Å². The molecule has 0 bridgehead atoms. The average Bonchev–Trinajstić information content (AvgIpc) is 3.30. The lowest BCUT2D eigenvalue weighted by atomic mass is 10.2. The van der Waals surface area contributed by atoms with Gasteiger partial charge in [0.1, 0.15) is 17.2 Å². The predicted octanol–water partition coefficient (Wildman–Crippen LogP) is 6.80. The smallest absolute Gasteiger partial charge is 0.298 e.